The predicted molar refractivity (Wildman–Crippen MR) is 102 cm³/mol. The van der Waals surface area contributed by atoms with Crippen molar-refractivity contribution in [3.63, 3.8) is 0 Å². The molecule has 132 valence electrons. The first-order valence-corrected chi connectivity index (χ1v) is 9.78. The minimum Gasteiger partial charge on any atom is -0.475 e. The van der Waals surface area contributed by atoms with Crippen LogP contribution >= 0.6 is 0 Å². The molecule has 0 amide bonds. The molecule has 3 rings (SSSR count). The monoisotopic (exact) mass is 327 g/mol. The molecule has 0 N–H and O–H groups in total. The lowest BCUT2D eigenvalue weighted by Crippen LogP contribution is -2.25. The first-order chi connectivity index (χ1) is 11.5. The van der Waals surface area contributed by atoms with E-state index < -0.39 is 0 Å². The Morgan fingerprint density at radius 1 is 1.04 bits per heavy atom. The summed E-state index contributed by atoms with van der Waals surface area (Å²) in [6.07, 6.45) is 8.27. The van der Waals surface area contributed by atoms with Gasteiger partial charge in [-0.25, -0.2) is 4.99 Å². The molecule has 0 radical (unpaired) electrons. The molecule has 1 aliphatic heterocycles. The van der Waals surface area contributed by atoms with E-state index in [-0.39, 0.29) is 11.5 Å². The summed E-state index contributed by atoms with van der Waals surface area (Å²) < 4.78 is 5.85. The van der Waals surface area contributed by atoms with Gasteiger partial charge in [0.25, 0.3) is 0 Å². The third kappa shape index (κ3) is 4.02. The van der Waals surface area contributed by atoms with Crippen LogP contribution in [0.5, 0.6) is 0 Å². The van der Waals surface area contributed by atoms with E-state index >= 15 is 0 Å². The van der Waals surface area contributed by atoms with Gasteiger partial charge in [-0.1, -0.05) is 52.7 Å². The van der Waals surface area contributed by atoms with E-state index in [4.69, 9.17) is 9.73 Å². The van der Waals surface area contributed by atoms with E-state index in [1.54, 1.807) is 0 Å². The third-order valence-electron chi connectivity index (χ3n) is 5.82. The summed E-state index contributed by atoms with van der Waals surface area (Å²) in [6, 6.07) is 9.28. The summed E-state index contributed by atoms with van der Waals surface area (Å²) >= 11 is 0. The van der Waals surface area contributed by atoms with E-state index in [9.17, 15) is 0 Å². The van der Waals surface area contributed by atoms with Gasteiger partial charge in [-0.05, 0) is 60.6 Å². The molecule has 0 spiro atoms. The zero-order valence-corrected chi connectivity index (χ0v) is 15.8. The Kier molecular flexibility index (Phi) is 5.32. The maximum atomic E-state index is 5.85. The van der Waals surface area contributed by atoms with Crippen LogP contribution < -0.4 is 0 Å². The molecule has 0 bridgehead atoms. The fraction of sp³-hybridized carbons (Fsp3) is 0.682. The summed E-state index contributed by atoms with van der Waals surface area (Å²) in [5.74, 6) is 2.55. The number of ether oxygens (including phenoxy) is 1. The summed E-state index contributed by atoms with van der Waals surface area (Å²) in [4.78, 5) is 4.80. The molecule has 0 unspecified atom stereocenters. The van der Waals surface area contributed by atoms with E-state index in [1.165, 1.54) is 44.1 Å². The SMILES string of the molecule is CCCC1CCC(c2ccc(C3=N[C@@H](C(C)(C)C)CO3)cc2)CC1. The van der Waals surface area contributed by atoms with Crippen LogP contribution in [0.15, 0.2) is 29.3 Å². The fourth-order valence-corrected chi connectivity index (χ4v) is 4.07. The average molecular weight is 328 g/mol. The van der Waals surface area contributed by atoms with Crippen LogP contribution in [-0.2, 0) is 4.74 Å². The second-order valence-corrected chi connectivity index (χ2v) is 8.76. The Bertz CT molecular complexity index is 559. The Balaban J connectivity index is 1.62. The summed E-state index contributed by atoms with van der Waals surface area (Å²) in [6.45, 7) is 9.70. The third-order valence-corrected chi connectivity index (χ3v) is 5.82. The zero-order valence-electron chi connectivity index (χ0n) is 15.8. The average Bonchev–Trinajstić information content (AvgIpc) is 3.06. The van der Waals surface area contributed by atoms with Crippen molar-refractivity contribution in [2.24, 2.45) is 16.3 Å². The summed E-state index contributed by atoms with van der Waals surface area (Å²) in [7, 11) is 0. The van der Waals surface area contributed by atoms with Crippen molar-refractivity contribution >= 4 is 5.90 Å². The smallest absolute Gasteiger partial charge is 0.216 e. The molecule has 1 atom stereocenters. The highest BCUT2D eigenvalue weighted by Gasteiger charge is 2.30. The molecule has 0 aromatic heterocycles. The molecule has 1 fully saturated rings. The van der Waals surface area contributed by atoms with Crippen LogP contribution in [0.4, 0.5) is 0 Å². The molecule has 1 aliphatic carbocycles. The highest BCUT2D eigenvalue weighted by atomic mass is 16.5. The Labute approximate surface area is 147 Å². The van der Waals surface area contributed by atoms with Crippen molar-refractivity contribution in [2.45, 2.75) is 78.2 Å². The predicted octanol–water partition coefficient (Wildman–Crippen LogP) is 5.95. The first kappa shape index (κ1) is 17.5. The van der Waals surface area contributed by atoms with Crippen LogP contribution in [0.25, 0.3) is 0 Å². The molecule has 2 aliphatic rings. The van der Waals surface area contributed by atoms with E-state index in [0.717, 1.165) is 23.3 Å². The summed E-state index contributed by atoms with van der Waals surface area (Å²) in [5, 5.41) is 0. The van der Waals surface area contributed by atoms with Gasteiger partial charge in [0, 0.05) is 5.56 Å². The minimum atomic E-state index is 0.165. The van der Waals surface area contributed by atoms with Crippen LogP contribution in [0.1, 0.15) is 83.3 Å². The molecule has 1 aromatic rings. The number of hydrogen-bond donors (Lipinski definition) is 0. The molecule has 1 aromatic carbocycles. The van der Waals surface area contributed by atoms with Gasteiger partial charge in [0.2, 0.25) is 5.90 Å². The van der Waals surface area contributed by atoms with Crippen molar-refractivity contribution < 1.29 is 4.74 Å². The minimum absolute atomic E-state index is 0.165. The standard InChI is InChI=1S/C22H33NO/c1-5-6-16-7-9-17(10-8-16)18-11-13-19(14-12-18)21-23-20(15-24-21)22(2,3)4/h11-14,16-17,20H,5-10,15H2,1-4H3/t16?,17?,20-/m1/s1. The Morgan fingerprint density at radius 3 is 2.25 bits per heavy atom. The highest BCUT2D eigenvalue weighted by Crippen LogP contribution is 2.37. The molecule has 2 nitrogen and oxygen atoms in total. The van der Waals surface area contributed by atoms with E-state index in [1.807, 2.05) is 0 Å². The second kappa shape index (κ2) is 7.29. The van der Waals surface area contributed by atoms with Gasteiger partial charge in [0.05, 0.1) is 6.04 Å². The number of hydrogen-bond acceptors (Lipinski definition) is 2. The topological polar surface area (TPSA) is 21.6 Å². The number of aliphatic imine (C=N–C) groups is 1. The van der Waals surface area contributed by atoms with Crippen LogP contribution in [-0.4, -0.2) is 18.5 Å². The quantitative estimate of drug-likeness (QED) is 0.669. The van der Waals surface area contributed by atoms with Gasteiger partial charge in [-0.2, -0.15) is 0 Å². The zero-order chi connectivity index (χ0) is 17.2. The lowest BCUT2D eigenvalue weighted by molar-refractivity contribution is 0.236. The van der Waals surface area contributed by atoms with E-state index in [2.05, 4.69) is 52.0 Å². The first-order valence-electron chi connectivity index (χ1n) is 9.78. The fourth-order valence-electron chi connectivity index (χ4n) is 4.07. The van der Waals surface area contributed by atoms with Crippen molar-refractivity contribution in [3.8, 4) is 0 Å². The lowest BCUT2D eigenvalue weighted by atomic mass is 9.77. The van der Waals surface area contributed by atoms with Crippen LogP contribution in [0, 0.1) is 11.3 Å². The largest absolute Gasteiger partial charge is 0.475 e. The van der Waals surface area contributed by atoms with Crippen molar-refractivity contribution in [1.82, 2.24) is 0 Å². The molecule has 2 heteroatoms. The summed E-state index contributed by atoms with van der Waals surface area (Å²) in [5.41, 5.74) is 2.79. The van der Waals surface area contributed by atoms with Gasteiger partial charge in [0.15, 0.2) is 0 Å². The van der Waals surface area contributed by atoms with Gasteiger partial charge < -0.3 is 4.74 Å². The number of nitrogens with zero attached hydrogens (tertiary/aromatic N) is 1. The molecule has 1 heterocycles. The Hall–Kier alpha value is -1.31. The maximum Gasteiger partial charge on any atom is 0.216 e. The highest BCUT2D eigenvalue weighted by molar-refractivity contribution is 5.95. The number of rotatable bonds is 4. The normalized spacial score (nSPS) is 27.7. The van der Waals surface area contributed by atoms with Crippen molar-refractivity contribution in [3.05, 3.63) is 35.4 Å². The van der Waals surface area contributed by atoms with Gasteiger partial charge in [0.1, 0.15) is 6.61 Å². The van der Waals surface area contributed by atoms with Gasteiger partial charge in [-0.3, -0.25) is 0 Å². The molecule has 24 heavy (non-hydrogen) atoms. The second-order valence-electron chi connectivity index (χ2n) is 8.76. The molecular formula is C22H33NO. The Morgan fingerprint density at radius 2 is 1.71 bits per heavy atom. The maximum absolute atomic E-state index is 5.85. The van der Waals surface area contributed by atoms with Crippen LogP contribution in [0.2, 0.25) is 0 Å². The van der Waals surface area contributed by atoms with Gasteiger partial charge >= 0.3 is 0 Å². The van der Waals surface area contributed by atoms with Crippen molar-refractivity contribution in [2.75, 3.05) is 6.61 Å². The van der Waals surface area contributed by atoms with Crippen LogP contribution in [0.3, 0.4) is 0 Å². The molecular weight excluding hydrogens is 294 g/mol. The molecule has 0 saturated heterocycles. The van der Waals surface area contributed by atoms with Gasteiger partial charge in [-0.15, -0.1) is 0 Å². The molecule has 1 saturated carbocycles. The number of benzene rings is 1. The lowest BCUT2D eigenvalue weighted by Gasteiger charge is -2.28. The van der Waals surface area contributed by atoms with E-state index in [0.29, 0.717) is 6.61 Å². The van der Waals surface area contributed by atoms with Crippen molar-refractivity contribution in [1.29, 1.82) is 0 Å².